The number of fused-ring (bicyclic) bond motifs is 1. The molecule has 0 saturated carbocycles. The lowest BCUT2D eigenvalue weighted by atomic mass is 10.0. The van der Waals surface area contributed by atoms with Gasteiger partial charge in [0.15, 0.2) is 5.82 Å². The molecule has 5 rings (SSSR count). The molecular weight excluding hydrogens is 535 g/mol. The van der Waals surface area contributed by atoms with E-state index >= 15 is 0 Å². The number of likely N-dealkylation sites (N-methyl/N-ethyl adjacent to an activating group) is 1. The van der Waals surface area contributed by atoms with Gasteiger partial charge >= 0.3 is 6.18 Å². The lowest BCUT2D eigenvalue weighted by Crippen LogP contribution is -2.44. The Morgan fingerprint density at radius 2 is 1.83 bits per heavy atom. The first-order valence-corrected chi connectivity index (χ1v) is 13.1. The van der Waals surface area contributed by atoms with Gasteiger partial charge in [-0.15, -0.1) is 0 Å². The van der Waals surface area contributed by atoms with E-state index in [1.165, 1.54) is 12.1 Å². The summed E-state index contributed by atoms with van der Waals surface area (Å²) in [5.74, 6) is 0.815. The maximum atomic E-state index is 14.0. The fraction of sp³-hybridized carbons (Fsp3) is 0.300. The van der Waals surface area contributed by atoms with Crippen molar-refractivity contribution < 1.29 is 27.4 Å². The number of amides is 1. The third kappa shape index (κ3) is 6.99. The van der Waals surface area contributed by atoms with E-state index in [1.54, 1.807) is 49.7 Å². The summed E-state index contributed by atoms with van der Waals surface area (Å²) < 4.78 is 52.9. The van der Waals surface area contributed by atoms with E-state index in [-0.39, 0.29) is 24.4 Å². The van der Waals surface area contributed by atoms with Crippen molar-refractivity contribution in [2.24, 2.45) is 0 Å². The first-order chi connectivity index (χ1) is 19.7. The fourth-order valence-corrected chi connectivity index (χ4v) is 4.78. The molecule has 0 aliphatic carbocycles. The predicted octanol–water partition coefficient (Wildman–Crippen LogP) is 5.59. The Kier molecular flexibility index (Phi) is 8.48. The topological polar surface area (TPSA) is 79.8 Å². The Morgan fingerprint density at radius 1 is 1.02 bits per heavy atom. The number of benzene rings is 3. The highest BCUT2D eigenvalue weighted by Gasteiger charge is 2.34. The first kappa shape index (κ1) is 28.5. The van der Waals surface area contributed by atoms with Crippen molar-refractivity contribution in [3.8, 4) is 11.6 Å². The lowest BCUT2D eigenvalue weighted by molar-refractivity contribution is -0.138. The van der Waals surface area contributed by atoms with Gasteiger partial charge in [0, 0.05) is 63.3 Å². The molecule has 0 atom stereocenters. The van der Waals surface area contributed by atoms with Crippen LogP contribution in [0.25, 0.3) is 10.8 Å². The minimum absolute atomic E-state index is 0.0806. The Morgan fingerprint density at radius 3 is 2.59 bits per heavy atom. The highest BCUT2D eigenvalue weighted by atomic mass is 19.4. The molecule has 3 aromatic carbocycles. The van der Waals surface area contributed by atoms with Crippen LogP contribution in [0.5, 0.6) is 11.6 Å². The monoisotopic (exact) mass is 565 g/mol. The van der Waals surface area contributed by atoms with Crippen LogP contribution >= 0.6 is 0 Å². The average Bonchev–Trinajstić information content (AvgIpc) is 2.94. The molecule has 1 aromatic heterocycles. The number of halogens is 3. The Balaban J connectivity index is 1.34. The number of rotatable bonds is 8. The molecule has 0 radical (unpaired) electrons. The van der Waals surface area contributed by atoms with Crippen LogP contribution in [0.15, 0.2) is 66.9 Å². The molecule has 1 aliphatic heterocycles. The summed E-state index contributed by atoms with van der Waals surface area (Å²) >= 11 is 0. The first-order valence-electron chi connectivity index (χ1n) is 13.1. The number of carbonyl (C=O) groups excluding carboxylic acids is 1. The number of alkyl halides is 3. The molecule has 4 aromatic rings. The van der Waals surface area contributed by atoms with Gasteiger partial charge in [-0.3, -0.25) is 9.69 Å². The molecule has 41 heavy (non-hydrogen) atoms. The summed E-state index contributed by atoms with van der Waals surface area (Å²) in [7, 11) is 3.55. The molecule has 1 aliphatic rings. The molecule has 0 bridgehead atoms. The third-order valence-electron chi connectivity index (χ3n) is 6.94. The average molecular weight is 566 g/mol. The molecule has 2 heterocycles. The van der Waals surface area contributed by atoms with Gasteiger partial charge in [0.05, 0.1) is 5.56 Å². The fourth-order valence-electron chi connectivity index (χ4n) is 4.78. The predicted molar refractivity (Wildman–Crippen MR) is 149 cm³/mol. The van der Waals surface area contributed by atoms with Gasteiger partial charge in [0.2, 0.25) is 5.88 Å². The van der Waals surface area contributed by atoms with Gasteiger partial charge < -0.3 is 19.7 Å². The number of nitrogens with zero attached hydrogens (tertiary/aromatic N) is 4. The van der Waals surface area contributed by atoms with Crippen LogP contribution < -0.4 is 10.1 Å². The Labute approximate surface area is 235 Å². The quantitative estimate of drug-likeness (QED) is 0.299. The van der Waals surface area contributed by atoms with Crippen molar-refractivity contribution in [2.75, 3.05) is 45.7 Å². The van der Waals surface area contributed by atoms with Crippen LogP contribution in [0.1, 0.15) is 27.3 Å². The van der Waals surface area contributed by atoms with E-state index in [1.807, 2.05) is 18.0 Å². The van der Waals surface area contributed by atoms with E-state index in [4.69, 9.17) is 9.47 Å². The number of hydrogen-bond donors (Lipinski definition) is 1. The van der Waals surface area contributed by atoms with Gasteiger partial charge in [0.1, 0.15) is 12.4 Å². The number of anilines is 1. The maximum absolute atomic E-state index is 14.0. The molecular formula is C30H30F3N5O3. The minimum Gasteiger partial charge on any atom is -0.439 e. The van der Waals surface area contributed by atoms with Crippen molar-refractivity contribution in [1.29, 1.82) is 0 Å². The van der Waals surface area contributed by atoms with Crippen molar-refractivity contribution in [3.63, 3.8) is 0 Å². The van der Waals surface area contributed by atoms with Gasteiger partial charge in [-0.2, -0.15) is 18.2 Å². The van der Waals surface area contributed by atoms with Crippen LogP contribution in [-0.2, 0) is 24.1 Å². The second-order valence-corrected chi connectivity index (χ2v) is 9.94. The molecule has 214 valence electrons. The van der Waals surface area contributed by atoms with Crippen molar-refractivity contribution in [3.05, 3.63) is 89.4 Å². The molecule has 1 fully saturated rings. The lowest BCUT2D eigenvalue weighted by Gasteiger charge is -2.33. The van der Waals surface area contributed by atoms with Gasteiger partial charge in [-0.25, -0.2) is 4.98 Å². The number of methoxy groups -OCH3 is 1. The maximum Gasteiger partial charge on any atom is 0.416 e. The molecule has 0 spiro atoms. The van der Waals surface area contributed by atoms with Crippen LogP contribution in [0, 0.1) is 0 Å². The second-order valence-electron chi connectivity index (χ2n) is 9.94. The smallest absolute Gasteiger partial charge is 0.416 e. The Hall–Kier alpha value is -4.06. The number of hydrogen-bond acceptors (Lipinski definition) is 7. The highest BCUT2D eigenvalue weighted by Crippen LogP contribution is 2.35. The second kappa shape index (κ2) is 12.2. The van der Waals surface area contributed by atoms with E-state index < -0.39 is 17.6 Å². The van der Waals surface area contributed by atoms with Gasteiger partial charge in [0.25, 0.3) is 5.91 Å². The molecule has 11 heteroatoms. The summed E-state index contributed by atoms with van der Waals surface area (Å²) in [6.07, 6.45) is -2.98. The number of piperazine rings is 1. The number of nitrogens with one attached hydrogen (secondary N) is 1. The van der Waals surface area contributed by atoms with E-state index in [2.05, 4.69) is 20.2 Å². The van der Waals surface area contributed by atoms with Crippen molar-refractivity contribution in [1.82, 2.24) is 19.8 Å². The van der Waals surface area contributed by atoms with Crippen LogP contribution in [-0.4, -0.2) is 66.0 Å². The van der Waals surface area contributed by atoms with E-state index in [0.717, 1.165) is 24.5 Å². The van der Waals surface area contributed by atoms with Crippen molar-refractivity contribution >= 4 is 22.4 Å². The molecule has 0 unspecified atom stereocenters. The number of carbonyl (C=O) groups is 1. The zero-order chi connectivity index (χ0) is 29.0. The van der Waals surface area contributed by atoms with Gasteiger partial charge in [-0.1, -0.05) is 18.2 Å². The van der Waals surface area contributed by atoms with E-state index in [0.29, 0.717) is 41.5 Å². The zero-order valence-electron chi connectivity index (χ0n) is 22.7. The molecule has 8 nitrogen and oxygen atoms in total. The summed E-state index contributed by atoms with van der Waals surface area (Å²) in [6.45, 7) is 3.47. The number of ether oxygens (including phenoxy) is 2. The van der Waals surface area contributed by atoms with Crippen molar-refractivity contribution in [2.45, 2.75) is 19.3 Å². The van der Waals surface area contributed by atoms with E-state index in [9.17, 15) is 18.0 Å². The summed E-state index contributed by atoms with van der Waals surface area (Å²) in [5.41, 5.74) is -0.145. The van der Waals surface area contributed by atoms with Gasteiger partial charge in [-0.05, 0) is 59.8 Å². The SMILES string of the molecule is COCc1nccc(Oc2ccc3c(C(=O)Nc4ccc(CN5CCN(C)CC5)c(C(F)(F)F)c4)cccc3c2)n1. The summed E-state index contributed by atoms with van der Waals surface area (Å²) in [5, 5.41) is 4.00. The standard InChI is InChI=1S/C30H30F3N5O3/c1-37-12-14-38(15-13-37)18-21-6-7-22(17-26(21)30(31,32)33)35-29(39)25-5-3-4-20-16-23(8-9-24(20)25)41-28-10-11-34-27(36-28)19-40-2/h3-11,16-17H,12-15,18-19H2,1-2H3,(H,35,39). The summed E-state index contributed by atoms with van der Waals surface area (Å²) in [4.78, 5) is 25.8. The third-order valence-corrected chi connectivity index (χ3v) is 6.94. The largest absolute Gasteiger partial charge is 0.439 e. The van der Waals surface area contributed by atoms with Crippen LogP contribution in [0.2, 0.25) is 0 Å². The van der Waals surface area contributed by atoms with Crippen LogP contribution in [0.4, 0.5) is 18.9 Å². The number of aromatic nitrogens is 2. The normalized spacial score (nSPS) is 14.8. The minimum atomic E-state index is -4.55. The zero-order valence-corrected chi connectivity index (χ0v) is 22.7. The molecule has 1 N–H and O–H groups in total. The van der Waals surface area contributed by atoms with Crippen LogP contribution in [0.3, 0.4) is 0 Å². The Bertz CT molecular complexity index is 1540. The molecule has 1 saturated heterocycles. The highest BCUT2D eigenvalue weighted by molar-refractivity contribution is 6.13. The molecule has 1 amide bonds. The summed E-state index contributed by atoms with van der Waals surface area (Å²) in [6, 6.07) is 16.0.